The topological polar surface area (TPSA) is 80.2 Å². The average molecular weight is 349 g/mol. The van der Waals surface area contributed by atoms with Crippen molar-refractivity contribution in [1.29, 1.82) is 0 Å². The number of hydrogen-bond donors (Lipinski definition) is 2. The average Bonchev–Trinajstić information content (AvgIpc) is 2.55. The number of halogens is 1. The van der Waals surface area contributed by atoms with Crippen molar-refractivity contribution < 1.29 is 19.4 Å². The van der Waals surface area contributed by atoms with Crippen molar-refractivity contribution >= 4 is 23.7 Å². The van der Waals surface area contributed by atoms with Crippen LogP contribution >= 0.6 is 11.6 Å². The van der Waals surface area contributed by atoms with E-state index in [0.717, 1.165) is 5.56 Å². The molecule has 0 radical (unpaired) electrons. The lowest BCUT2D eigenvalue weighted by Crippen LogP contribution is -2.24. The lowest BCUT2D eigenvalue weighted by atomic mass is 10.2. The molecule has 0 fully saturated rings. The van der Waals surface area contributed by atoms with E-state index in [1.54, 1.807) is 36.4 Å². The Bertz CT molecular complexity index is 762. The summed E-state index contributed by atoms with van der Waals surface area (Å²) in [5.74, 6) is 0.421. The van der Waals surface area contributed by atoms with Crippen LogP contribution in [0.3, 0.4) is 0 Å². The number of hydrogen-bond acceptors (Lipinski definition) is 5. The van der Waals surface area contributed by atoms with Crippen molar-refractivity contribution in [3.63, 3.8) is 0 Å². The van der Waals surface area contributed by atoms with Gasteiger partial charge in [0.05, 0.1) is 13.3 Å². The van der Waals surface area contributed by atoms with E-state index in [-0.39, 0.29) is 12.4 Å². The molecule has 0 saturated carbocycles. The Labute approximate surface area is 144 Å². The van der Waals surface area contributed by atoms with Crippen molar-refractivity contribution in [1.82, 2.24) is 5.43 Å². The van der Waals surface area contributed by atoms with Gasteiger partial charge in [-0.25, -0.2) is 5.43 Å². The monoisotopic (exact) mass is 348 g/mol. The molecule has 0 aliphatic carbocycles. The number of methoxy groups -OCH3 is 1. The molecule has 126 valence electrons. The van der Waals surface area contributed by atoms with Crippen molar-refractivity contribution in [3.05, 3.63) is 52.5 Å². The molecule has 2 aromatic carbocycles. The lowest BCUT2D eigenvalue weighted by molar-refractivity contribution is -0.123. The number of amides is 1. The number of aryl methyl sites for hydroxylation is 1. The molecule has 2 rings (SSSR count). The number of ether oxygens (including phenoxy) is 2. The van der Waals surface area contributed by atoms with Crippen molar-refractivity contribution in [2.24, 2.45) is 5.10 Å². The first-order valence-corrected chi connectivity index (χ1v) is 7.46. The van der Waals surface area contributed by atoms with Crippen LogP contribution in [-0.2, 0) is 4.79 Å². The molecular weight excluding hydrogens is 332 g/mol. The van der Waals surface area contributed by atoms with Crippen molar-refractivity contribution in [2.75, 3.05) is 13.7 Å². The van der Waals surface area contributed by atoms with Gasteiger partial charge >= 0.3 is 0 Å². The standard InChI is InChI=1S/C17H17ClN2O4/c1-11-8-13(18)6-7-14(11)24-10-16(21)20-19-9-12-4-3-5-15(23-2)17(12)22/h3-9,22H,10H2,1-2H3,(H,20,21)/b19-9+. The molecule has 0 spiro atoms. The number of benzene rings is 2. The molecule has 6 nitrogen and oxygen atoms in total. The van der Waals surface area contributed by atoms with E-state index in [1.807, 2.05) is 6.92 Å². The summed E-state index contributed by atoms with van der Waals surface area (Å²) >= 11 is 5.86. The molecule has 0 saturated heterocycles. The number of carbonyl (C=O) groups is 1. The number of phenols is 1. The van der Waals surface area contributed by atoms with Crippen LogP contribution in [0.15, 0.2) is 41.5 Å². The third-order valence-electron chi connectivity index (χ3n) is 3.14. The predicted molar refractivity (Wildman–Crippen MR) is 92.1 cm³/mol. The minimum Gasteiger partial charge on any atom is -0.504 e. The van der Waals surface area contributed by atoms with E-state index in [9.17, 15) is 9.90 Å². The molecule has 0 atom stereocenters. The summed E-state index contributed by atoms with van der Waals surface area (Å²) in [6.45, 7) is 1.65. The van der Waals surface area contributed by atoms with Gasteiger partial charge in [0.25, 0.3) is 5.91 Å². The van der Waals surface area contributed by atoms with Crippen LogP contribution in [-0.4, -0.2) is 30.9 Å². The van der Waals surface area contributed by atoms with Crippen molar-refractivity contribution in [3.8, 4) is 17.2 Å². The van der Waals surface area contributed by atoms with E-state index in [0.29, 0.717) is 22.1 Å². The normalized spacial score (nSPS) is 10.6. The Morgan fingerprint density at radius 2 is 2.12 bits per heavy atom. The highest BCUT2D eigenvalue weighted by Crippen LogP contribution is 2.27. The van der Waals surface area contributed by atoms with E-state index < -0.39 is 5.91 Å². The van der Waals surface area contributed by atoms with Gasteiger partial charge in [-0.05, 0) is 42.8 Å². The molecule has 24 heavy (non-hydrogen) atoms. The van der Waals surface area contributed by atoms with Crippen LogP contribution in [0.2, 0.25) is 5.02 Å². The fraction of sp³-hybridized carbons (Fsp3) is 0.176. The Kier molecular flexibility index (Phi) is 6.03. The number of carbonyl (C=O) groups excluding carboxylic acids is 1. The highest BCUT2D eigenvalue weighted by molar-refractivity contribution is 6.30. The molecule has 2 N–H and O–H groups in total. The minimum atomic E-state index is -0.428. The maximum Gasteiger partial charge on any atom is 0.277 e. The Balaban J connectivity index is 1.89. The Morgan fingerprint density at radius 1 is 1.33 bits per heavy atom. The number of hydrazone groups is 1. The van der Waals surface area contributed by atoms with E-state index in [2.05, 4.69) is 10.5 Å². The first-order chi connectivity index (χ1) is 11.5. The van der Waals surface area contributed by atoms with Crippen LogP contribution in [0.1, 0.15) is 11.1 Å². The SMILES string of the molecule is COc1cccc(/C=N/NC(=O)COc2ccc(Cl)cc2C)c1O. The summed E-state index contributed by atoms with van der Waals surface area (Å²) < 4.78 is 10.4. The lowest BCUT2D eigenvalue weighted by Gasteiger charge is -2.08. The summed E-state index contributed by atoms with van der Waals surface area (Å²) in [4.78, 5) is 11.7. The zero-order valence-electron chi connectivity index (χ0n) is 13.2. The summed E-state index contributed by atoms with van der Waals surface area (Å²) in [6, 6.07) is 10.1. The number of rotatable bonds is 6. The smallest absolute Gasteiger partial charge is 0.277 e. The maximum atomic E-state index is 11.7. The highest BCUT2D eigenvalue weighted by Gasteiger charge is 2.06. The number of nitrogens with zero attached hydrogens (tertiary/aromatic N) is 1. The van der Waals surface area contributed by atoms with Crippen molar-refractivity contribution in [2.45, 2.75) is 6.92 Å². The summed E-state index contributed by atoms with van der Waals surface area (Å²) in [5.41, 5.74) is 3.58. The van der Waals surface area contributed by atoms with Crippen LogP contribution in [0.5, 0.6) is 17.2 Å². The van der Waals surface area contributed by atoms with Crippen LogP contribution in [0.25, 0.3) is 0 Å². The molecular formula is C17H17ClN2O4. The zero-order chi connectivity index (χ0) is 17.5. The van der Waals surface area contributed by atoms with Crippen LogP contribution < -0.4 is 14.9 Å². The summed E-state index contributed by atoms with van der Waals surface area (Å²) in [5, 5.41) is 14.3. The quantitative estimate of drug-likeness (QED) is 0.621. The van der Waals surface area contributed by atoms with Gasteiger partial charge in [0.15, 0.2) is 18.1 Å². The van der Waals surface area contributed by atoms with Gasteiger partial charge in [0, 0.05) is 10.6 Å². The van der Waals surface area contributed by atoms with Gasteiger partial charge in [-0.2, -0.15) is 5.10 Å². The maximum absolute atomic E-state index is 11.7. The predicted octanol–water partition coefficient (Wildman–Crippen LogP) is 2.89. The third-order valence-corrected chi connectivity index (χ3v) is 3.37. The number of aromatic hydroxyl groups is 1. The molecule has 0 heterocycles. The number of phenolic OH excluding ortho intramolecular Hbond substituents is 1. The molecule has 0 aliphatic rings. The number of para-hydroxylation sites is 1. The molecule has 7 heteroatoms. The Morgan fingerprint density at radius 3 is 2.83 bits per heavy atom. The summed E-state index contributed by atoms with van der Waals surface area (Å²) in [7, 11) is 1.45. The molecule has 0 bridgehead atoms. The Hall–Kier alpha value is -2.73. The third kappa shape index (κ3) is 4.63. The van der Waals surface area contributed by atoms with Gasteiger partial charge in [0.2, 0.25) is 0 Å². The molecule has 0 unspecified atom stereocenters. The van der Waals surface area contributed by atoms with Crippen LogP contribution in [0.4, 0.5) is 0 Å². The van der Waals surface area contributed by atoms with E-state index in [4.69, 9.17) is 21.1 Å². The second-order valence-corrected chi connectivity index (χ2v) is 5.33. The molecule has 0 aromatic heterocycles. The van der Waals surface area contributed by atoms with Gasteiger partial charge < -0.3 is 14.6 Å². The molecule has 2 aromatic rings. The second kappa shape index (κ2) is 8.21. The fourth-order valence-electron chi connectivity index (χ4n) is 1.93. The highest BCUT2D eigenvalue weighted by atomic mass is 35.5. The van der Waals surface area contributed by atoms with Gasteiger partial charge in [-0.3, -0.25) is 4.79 Å². The first kappa shape index (κ1) is 17.6. The molecule has 0 aliphatic heterocycles. The summed E-state index contributed by atoms with van der Waals surface area (Å²) in [6.07, 6.45) is 1.32. The van der Waals surface area contributed by atoms with Gasteiger partial charge in [0.1, 0.15) is 5.75 Å². The van der Waals surface area contributed by atoms with E-state index in [1.165, 1.54) is 13.3 Å². The molecule has 1 amide bonds. The minimum absolute atomic E-state index is 0.0500. The first-order valence-electron chi connectivity index (χ1n) is 7.08. The number of nitrogens with one attached hydrogen (secondary N) is 1. The zero-order valence-corrected chi connectivity index (χ0v) is 14.0. The van der Waals surface area contributed by atoms with Gasteiger partial charge in [-0.1, -0.05) is 17.7 Å². The van der Waals surface area contributed by atoms with Gasteiger partial charge in [-0.15, -0.1) is 0 Å². The second-order valence-electron chi connectivity index (χ2n) is 4.89. The van der Waals surface area contributed by atoms with Crippen LogP contribution in [0, 0.1) is 6.92 Å². The van der Waals surface area contributed by atoms with E-state index >= 15 is 0 Å². The largest absolute Gasteiger partial charge is 0.504 e. The fourth-order valence-corrected chi connectivity index (χ4v) is 2.16.